The fourth-order valence-electron chi connectivity index (χ4n) is 3.68. The summed E-state index contributed by atoms with van der Waals surface area (Å²) in [6, 6.07) is 14.8. The maximum atomic E-state index is 13.0. The van der Waals surface area contributed by atoms with Gasteiger partial charge in [0.05, 0.1) is 0 Å². The Labute approximate surface area is 185 Å². The highest BCUT2D eigenvalue weighted by molar-refractivity contribution is 5.97. The normalized spacial score (nSPS) is 15.3. The number of hydrogen-bond acceptors (Lipinski definition) is 4. The summed E-state index contributed by atoms with van der Waals surface area (Å²) >= 11 is 0. The molecular weight excluding hydrogens is 390 g/mol. The van der Waals surface area contributed by atoms with E-state index in [2.05, 4.69) is 21.6 Å². The smallest absolute Gasteiger partial charge is 0.258 e. The van der Waals surface area contributed by atoms with E-state index in [1.54, 1.807) is 0 Å². The molecule has 1 aliphatic heterocycles. The zero-order valence-electron chi connectivity index (χ0n) is 18.7. The third-order valence-corrected chi connectivity index (χ3v) is 5.79. The van der Waals surface area contributed by atoms with E-state index in [1.807, 2.05) is 63.2 Å². The number of carbonyl (C=O) groups excluding carboxylic acids is 2. The molecule has 31 heavy (non-hydrogen) atoms. The van der Waals surface area contributed by atoms with E-state index in [0.717, 1.165) is 36.4 Å². The molecule has 2 unspecified atom stereocenters. The van der Waals surface area contributed by atoms with Crippen LogP contribution in [0.1, 0.15) is 38.7 Å². The van der Waals surface area contributed by atoms with E-state index in [9.17, 15) is 9.59 Å². The predicted molar refractivity (Wildman–Crippen MR) is 125 cm³/mol. The molecule has 2 aromatic rings. The van der Waals surface area contributed by atoms with Crippen LogP contribution in [-0.4, -0.2) is 37.6 Å². The number of benzene rings is 2. The Balaban J connectivity index is 1.60. The van der Waals surface area contributed by atoms with Crippen molar-refractivity contribution in [3.05, 3.63) is 54.1 Å². The Bertz CT molecular complexity index is 876. The molecular formula is C25H33N3O3. The van der Waals surface area contributed by atoms with E-state index in [1.165, 1.54) is 12.8 Å². The number of hydrogen-bond donors (Lipinski definition) is 2. The molecule has 6 nitrogen and oxygen atoms in total. The van der Waals surface area contributed by atoms with Gasteiger partial charge >= 0.3 is 0 Å². The molecule has 166 valence electrons. The molecule has 1 aliphatic rings. The van der Waals surface area contributed by atoms with Crippen molar-refractivity contribution in [2.45, 2.75) is 46.1 Å². The van der Waals surface area contributed by atoms with Crippen molar-refractivity contribution in [2.75, 3.05) is 29.9 Å². The molecule has 2 atom stereocenters. The predicted octanol–water partition coefficient (Wildman–Crippen LogP) is 4.14. The number of amides is 2. The highest BCUT2D eigenvalue weighted by Gasteiger charge is 2.26. The van der Waals surface area contributed by atoms with E-state index < -0.39 is 6.04 Å². The minimum Gasteiger partial charge on any atom is -0.484 e. The lowest BCUT2D eigenvalue weighted by Gasteiger charge is -2.24. The molecule has 0 aliphatic carbocycles. The quantitative estimate of drug-likeness (QED) is 0.636. The molecule has 2 aromatic carbocycles. The summed E-state index contributed by atoms with van der Waals surface area (Å²) in [4.78, 5) is 27.8. The summed E-state index contributed by atoms with van der Waals surface area (Å²) in [6.45, 7) is 7.92. The van der Waals surface area contributed by atoms with Crippen molar-refractivity contribution in [1.29, 1.82) is 0 Å². The maximum absolute atomic E-state index is 13.0. The molecule has 0 saturated carbocycles. The van der Waals surface area contributed by atoms with Crippen LogP contribution in [0.15, 0.2) is 48.5 Å². The Morgan fingerprint density at radius 1 is 1.10 bits per heavy atom. The van der Waals surface area contributed by atoms with Crippen molar-refractivity contribution in [2.24, 2.45) is 5.92 Å². The van der Waals surface area contributed by atoms with Crippen LogP contribution < -0.4 is 20.3 Å². The number of nitrogens with zero attached hydrogens (tertiary/aromatic N) is 1. The lowest BCUT2D eigenvalue weighted by molar-refractivity contribution is -0.128. The van der Waals surface area contributed by atoms with E-state index in [-0.39, 0.29) is 24.3 Å². The summed E-state index contributed by atoms with van der Waals surface area (Å²) in [5.74, 6) is 0.0950. The molecule has 0 spiro atoms. The lowest BCUT2D eigenvalue weighted by Crippen LogP contribution is -2.49. The van der Waals surface area contributed by atoms with Crippen molar-refractivity contribution in [1.82, 2.24) is 5.32 Å². The van der Waals surface area contributed by atoms with Crippen LogP contribution in [0.3, 0.4) is 0 Å². The molecule has 0 bridgehead atoms. The minimum absolute atomic E-state index is 0.00918. The summed E-state index contributed by atoms with van der Waals surface area (Å²) in [7, 11) is 0. The molecule has 3 rings (SSSR count). The SMILES string of the molecule is CCC(C)C(NC(=O)COc1ccc(C)cc1)C(=O)Nc1cccc(N2CCCC2)c1. The average Bonchev–Trinajstić information content (AvgIpc) is 3.32. The number of nitrogens with one attached hydrogen (secondary N) is 2. The van der Waals surface area contributed by atoms with Crippen molar-refractivity contribution in [3.63, 3.8) is 0 Å². The van der Waals surface area contributed by atoms with Crippen LogP contribution in [-0.2, 0) is 9.59 Å². The van der Waals surface area contributed by atoms with Gasteiger partial charge in [-0.1, -0.05) is 44.0 Å². The van der Waals surface area contributed by atoms with Crippen LogP contribution in [0.4, 0.5) is 11.4 Å². The fourth-order valence-corrected chi connectivity index (χ4v) is 3.68. The van der Waals surface area contributed by atoms with Gasteiger partial charge in [-0.05, 0) is 56.0 Å². The van der Waals surface area contributed by atoms with Crippen LogP contribution >= 0.6 is 0 Å². The summed E-state index contributed by atoms with van der Waals surface area (Å²) in [6.07, 6.45) is 3.16. The van der Waals surface area contributed by atoms with Crippen LogP contribution in [0.5, 0.6) is 5.75 Å². The summed E-state index contributed by atoms with van der Waals surface area (Å²) in [5.41, 5.74) is 2.98. The highest BCUT2D eigenvalue weighted by atomic mass is 16.5. The van der Waals surface area contributed by atoms with Crippen LogP contribution in [0.25, 0.3) is 0 Å². The first kappa shape index (κ1) is 22.7. The van der Waals surface area contributed by atoms with E-state index in [0.29, 0.717) is 5.75 Å². The lowest BCUT2D eigenvalue weighted by atomic mass is 9.98. The number of aryl methyl sites for hydroxylation is 1. The average molecular weight is 424 g/mol. The van der Waals surface area contributed by atoms with Crippen molar-refractivity contribution >= 4 is 23.2 Å². The molecule has 1 saturated heterocycles. The largest absolute Gasteiger partial charge is 0.484 e. The Hall–Kier alpha value is -3.02. The second-order valence-corrected chi connectivity index (χ2v) is 8.27. The topological polar surface area (TPSA) is 70.7 Å². The number of ether oxygens (including phenoxy) is 1. The molecule has 1 fully saturated rings. The van der Waals surface area contributed by atoms with Gasteiger partial charge in [0.2, 0.25) is 5.91 Å². The zero-order chi connectivity index (χ0) is 22.2. The zero-order valence-corrected chi connectivity index (χ0v) is 18.7. The third kappa shape index (κ3) is 6.48. The molecule has 2 N–H and O–H groups in total. The molecule has 0 aromatic heterocycles. The maximum Gasteiger partial charge on any atom is 0.258 e. The minimum atomic E-state index is -0.630. The van der Waals surface area contributed by atoms with Gasteiger partial charge in [-0.25, -0.2) is 0 Å². The molecule has 1 heterocycles. The number of rotatable bonds is 9. The summed E-state index contributed by atoms with van der Waals surface area (Å²) in [5, 5.41) is 5.84. The van der Waals surface area contributed by atoms with Gasteiger partial charge in [0.25, 0.3) is 5.91 Å². The molecule has 6 heteroatoms. The van der Waals surface area contributed by atoms with Gasteiger partial charge in [-0.15, -0.1) is 0 Å². The van der Waals surface area contributed by atoms with Crippen molar-refractivity contribution in [3.8, 4) is 5.75 Å². The number of anilines is 2. The molecule has 0 radical (unpaired) electrons. The van der Waals surface area contributed by atoms with Gasteiger partial charge in [-0.2, -0.15) is 0 Å². The second-order valence-electron chi connectivity index (χ2n) is 8.27. The molecule has 2 amide bonds. The van der Waals surface area contributed by atoms with Gasteiger partial charge in [0, 0.05) is 24.5 Å². The third-order valence-electron chi connectivity index (χ3n) is 5.79. The standard InChI is InChI=1S/C25H33N3O3/c1-4-19(3)24(27-23(29)17-31-22-12-10-18(2)11-13-22)25(30)26-20-8-7-9-21(16-20)28-14-5-6-15-28/h7-13,16,19,24H,4-6,14-15,17H2,1-3H3,(H,26,30)(H,27,29). The Morgan fingerprint density at radius 2 is 1.81 bits per heavy atom. The van der Waals surface area contributed by atoms with Crippen LogP contribution in [0, 0.1) is 12.8 Å². The first-order valence-electron chi connectivity index (χ1n) is 11.1. The number of carbonyl (C=O) groups is 2. The highest BCUT2D eigenvalue weighted by Crippen LogP contribution is 2.24. The Morgan fingerprint density at radius 3 is 2.48 bits per heavy atom. The van der Waals surface area contributed by atoms with Gasteiger partial charge in [0.1, 0.15) is 11.8 Å². The van der Waals surface area contributed by atoms with Crippen molar-refractivity contribution < 1.29 is 14.3 Å². The van der Waals surface area contributed by atoms with Gasteiger partial charge in [0.15, 0.2) is 6.61 Å². The van der Waals surface area contributed by atoms with E-state index >= 15 is 0 Å². The fraction of sp³-hybridized carbons (Fsp3) is 0.440. The van der Waals surface area contributed by atoms with E-state index in [4.69, 9.17) is 4.74 Å². The second kappa shape index (κ2) is 10.8. The van der Waals surface area contributed by atoms with Crippen LogP contribution in [0.2, 0.25) is 0 Å². The first-order valence-corrected chi connectivity index (χ1v) is 11.1. The Kier molecular flexibility index (Phi) is 7.93. The summed E-state index contributed by atoms with van der Waals surface area (Å²) < 4.78 is 5.56. The van der Waals surface area contributed by atoms with Gasteiger partial charge < -0.3 is 20.3 Å². The monoisotopic (exact) mass is 423 g/mol. The first-order chi connectivity index (χ1) is 15.0. The van der Waals surface area contributed by atoms with Gasteiger partial charge in [-0.3, -0.25) is 9.59 Å².